The molecule has 0 bridgehead atoms. The van der Waals surface area contributed by atoms with Gasteiger partial charge in [0.25, 0.3) is 12.3 Å². The molecule has 0 radical (unpaired) electrons. The fraction of sp³-hybridized carbons (Fsp3) is 0.571. The van der Waals surface area contributed by atoms with E-state index < -0.39 is 24.8 Å². The van der Waals surface area contributed by atoms with Crippen molar-refractivity contribution < 1.29 is 23.1 Å². The number of ether oxygens (including phenoxy) is 1. The fourth-order valence-electron chi connectivity index (χ4n) is 1.96. The normalized spacial score (nSPS) is 10.7. The molecule has 0 saturated heterocycles. The Balaban J connectivity index is 2.85. The zero-order valence-electron chi connectivity index (χ0n) is 12.2. The number of aromatic nitrogens is 1. The van der Waals surface area contributed by atoms with Crippen LogP contribution in [0.5, 0.6) is 0 Å². The van der Waals surface area contributed by atoms with Crippen molar-refractivity contribution in [3.05, 3.63) is 24.0 Å². The summed E-state index contributed by atoms with van der Waals surface area (Å²) in [4.78, 5) is 25.2. The van der Waals surface area contributed by atoms with Gasteiger partial charge in [0, 0.05) is 12.7 Å². The third-order valence-corrected chi connectivity index (χ3v) is 2.79. The van der Waals surface area contributed by atoms with E-state index in [0.29, 0.717) is 13.0 Å². The standard InChI is InChI=1S/C14H20F2N2O3/c1-3-7-18(10-13(19)21-4-2)14(20)11-6-5-8-17(11)9-12(15)16/h5-6,8,12H,3-4,7,9-10H2,1-2H3. The summed E-state index contributed by atoms with van der Waals surface area (Å²) in [6.07, 6.45) is -0.470. The number of alkyl halides is 2. The number of carbonyl (C=O) groups excluding carboxylic acids is 2. The molecule has 1 amide bonds. The Hall–Kier alpha value is -1.92. The van der Waals surface area contributed by atoms with Crippen LogP contribution in [0.1, 0.15) is 30.8 Å². The third-order valence-electron chi connectivity index (χ3n) is 2.79. The number of rotatable bonds is 8. The molecule has 0 saturated carbocycles. The smallest absolute Gasteiger partial charge is 0.325 e. The van der Waals surface area contributed by atoms with E-state index in [2.05, 4.69) is 0 Å². The zero-order valence-corrected chi connectivity index (χ0v) is 12.2. The molecule has 0 atom stereocenters. The van der Waals surface area contributed by atoms with Crippen molar-refractivity contribution in [3.63, 3.8) is 0 Å². The minimum Gasteiger partial charge on any atom is -0.465 e. The molecule has 1 aromatic rings. The number of nitrogens with zero attached hydrogens (tertiary/aromatic N) is 2. The number of hydrogen-bond acceptors (Lipinski definition) is 3. The Morgan fingerprint density at radius 2 is 2.10 bits per heavy atom. The molecule has 0 fully saturated rings. The van der Waals surface area contributed by atoms with Crippen molar-refractivity contribution in [3.8, 4) is 0 Å². The van der Waals surface area contributed by atoms with Crippen molar-refractivity contribution in [2.75, 3.05) is 19.7 Å². The summed E-state index contributed by atoms with van der Waals surface area (Å²) in [5, 5.41) is 0. The van der Waals surface area contributed by atoms with Crippen LogP contribution in [0.15, 0.2) is 18.3 Å². The molecule has 0 aliphatic heterocycles. The highest BCUT2D eigenvalue weighted by Crippen LogP contribution is 2.10. The van der Waals surface area contributed by atoms with Crippen LogP contribution in [0.2, 0.25) is 0 Å². The van der Waals surface area contributed by atoms with E-state index in [1.807, 2.05) is 6.92 Å². The van der Waals surface area contributed by atoms with Gasteiger partial charge in [0.2, 0.25) is 0 Å². The van der Waals surface area contributed by atoms with Crippen molar-refractivity contribution in [2.24, 2.45) is 0 Å². The second kappa shape index (κ2) is 8.39. The minimum atomic E-state index is -2.55. The average molecular weight is 302 g/mol. The van der Waals surface area contributed by atoms with Gasteiger partial charge in [-0.05, 0) is 25.5 Å². The molecule has 5 nitrogen and oxygen atoms in total. The number of hydrogen-bond donors (Lipinski definition) is 0. The largest absolute Gasteiger partial charge is 0.465 e. The predicted octanol–water partition coefficient (Wildman–Crippen LogP) is 2.17. The van der Waals surface area contributed by atoms with Crippen LogP contribution in [-0.2, 0) is 16.1 Å². The lowest BCUT2D eigenvalue weighted by atomic mass is 10.3. The summed E-state index contributed by atoms with van der Waals surface area (Å²) in [6, 6.07) is 3.00. The topological polar surface area (TPSA) is 51.5 Å². The van der Waals surface area contributed by atoms with Crippen molar-refractivity contribution in [2.45, 2.75) is 33.2 Å². The van der Waals surface area contributed by atoms with Gasteiger partial charge in [0.05, 0.1) is 13.2 Å². The van der Waals surface area contributed by atoms with Crippen LogP contribution in [0.3, 0.4) is 0 Å². The second-order valence-corrected chi connectivity index (χ2v) is 4.47. The summed E-state index contributed by atoms with van der Waals surface area (Å²) >= 11 is 0. The highest BCUT2D eigenvalue weighted by Gasteiger charge is 2.22. The zero-order chi connectivity index (χ0) is 15.8. The molecule has 21 heavy (non-hydrogen) atoms. The number of carbonyl (C=O) groups is 2. The maximum atomic E-state index is 12.5. The quantitative estimate of drug-likeness (QED) is 0.692. The summed E-state index contributed by atoms with van der Waals surface area (Å²) < 4.78 is 31.0. The molecule has 0 spiro atoms. The van der Waals surface area contributed by atoms with E-state index in [1.165, 1.54) is 27.8 Å². The predicted molar refractivity (Wildman–Crippen MR) is 73.3 cm³/mol. The van der Waals surface area contributed by atoms with E-state index in [9.17, 15) is 18.4 Å². The summed E-state index contributed by atoms with van der Waals surface area (Å²) in [5.41, 5.74) is 0.146. The van der Waals surface area contributed by atoms with Gasteiger partial charge in [-0.15, -0.1) is 0 Å². The van der Waals surface area contributed by atoms with Crippen LogP contribution in [0, 0.1) is 0 Å². The van der Waals surface area contributed by atoms with Gasteiger partial charge in [-0.1, -0.05) is 6.92 Å². The first-order chi connectivity index (χ1) is 9.99. The monoisotopic (exact) mass is 302 g/mol. The van der Waals surface area contributed by atoms with E-state index in [0.717, 1.165) is 0 Å². The molecule has 0 aliphatic rings. The van der Waals surface area contributed by atoms with Gasteiger partial charge >= 0.3 is 5.97 Å². The summed E-state index contributed by atoms with van der Waals surface area (Å²) in [6.45, 7) is 3.40. The molecule has 1 aromatic heterocycles. The third kappa shape index (κ3) is 5.17. The Bertz CT molecular complexity index is 475. The molecule has 0 N–H and O–H groups in total. The SMILES string of the molecule is CCCN(CC(=O)OCC)C(=O)c1cccn1CC(F)F. The van der Waals surface area contributed by atoms with Gasteiger partial charge in [-0.2, -0.15) is 0 Å². The molecule has 1 rings (SSSR count). The van der Waals surface area contributed by atoms with Crippen LogP contribution < -0.4 is 0 Å². The molecular weight excluding hydrogens is 282 g/mol. The second-order valence-electron chi connectivity index (χ2n) is 4.47. The first kappa shape index (κ1) is 17.1. The lowest BCUT2D eigenvalue weighted by Crippen LogP contribution is -2.38. The highest BCUT2D eigenvalue weighted by atomic mass is 19.3. The van der Waals surface area contributed by atoms with Gasteiger partial charge < -0.3 is 14.2 Å². The first-order valence-electron chi connectivity index (χ1n) is 6.87. The number of esters is 1. The fourth-order valence-corrected chi connectivity index (χ4v) is 1.96. The molecule has 118 valence electrons. The minimum absolute atomic E-state index is 0.146. The van der Waals surface area contributed by atoms with Crippen molar-refractivity contribution in [1.29, 1.82) is 0 Å². The Morgan fingerprint density at radius 1 is 1.38 bits per heavy atom. The van der Waals surface area contributed by atoms with Crippen LogP contribution in [-0.4, -0.2) is 47.5 Å². The highest BCUT2D eigenvalue weighted by molar-refractivity contribution is 5.94. The van der Waals surface area contributed by atoms with Gasteiger partial charge in [-0.3, -0.25) is 9.59 Å². The van der Waals surface area contributed by atoms with Crippen LogP contribution in [0.4, 0.5) is 8.78 Å². The van der Waals surface area contributed by atoms with E-state index in [-0.39, 0.29) is 18.8 Å². The molecule has 0 unspecified atom stereocenters. The van der Waals surface area contributed by atoms with Gasteiger partial charge in [0.15, 0.2) is 0 Å². The average Bonchev–Trinajstić information content (AvgIpc) is 2.85. The molecule has 1 heterocycles. The lowest BCUT2D eigenvalue weighted by Gasteiger charge is -2.21. The van der Waals surface area contributed by atoms with Crippen molar-refractivity contribution in [1.82, 2.24) is 9.47 Å². The Kier molecular flexibility index (Phi) is 6.84. The van der Waals surface area contributed by atoms with Crippen LogP contribution in [0.25, 0.3) is 0 Å². The lowest BCUT2D eigenvalue weighted by molar-refractivity contribution is -0.143. The molecule has 7 heteroatoms. The summed E-state index contributed by atoms with van der Waals surface area (Å²) in [7, 11) is 0. The van der Waals surface area contributed by atoms with E-state index in [4.69, 9.17) is 4.74 Å². The Labute approximate surface area is 122 Å². The molecular formula is C14H20F2N2O3. The van der Waals surface area contributed by atoms with Crippen LogP contribution >= 0.6 is 0 Å². The van der Waals surface area contributed by atoms with E-state index in [1.54, 1.807) is 6.92 Å². The van der Waals surface area contributed by atoms with Crippen molar-refractivity contribution >= 4 is 11.9 Å². The van der Waals surface area contributed by atoms with Gasteiger partial charge in [0.1, 0.15) is 12.2 Å². The van der Waals surface area contributed by atoms with E-state index >= 15 is 0 Å². The maximum Gasteiger partial charge on any atom is 0.325 e. The number of amides is 1. The number of halogens is 2. The first-order valence-corrected chi connectivity index (χ1v) is 6.87. The molecule has 0 aromatic carbocycles. The maximum absolute atomic E-state index is 12.5. The molecule has 0 aliphatic carbocycles. The van der Waals surface area contributed by atoms with Gasteiger partial charge in [-0.25, -0.2) is 8.78 Å². The Morgan fingerprint density at radius 3 is 2.67 bits per heavy atom. The summed E-state index contributed by atoms with van der Waals surface area (Å²) in [5.74, 6) is -0.957.